The average Bonchev–Trinajstić information content (AvgIpc) is 2.37. The molecule has 0 aliphatic carbocycles. The predicted octanol–water partition coefficient (Wildman–Crippen LogP) is 2.76. The molecule has 92 valence electrons. The van der Waals surface area contributed by atoms with Crippen LogP contribution in [0.25, 0.3) is 0 Å². The summed E-state index contributed by atoms with van der Waals surface area (Å²) in [5, 5.41) is -0.269. The number of thioether (sulfide) groups is 1. The van der Waals surface area contributed by atoms with Gasteiger partial charge in [-0.1, -0.05) is 12.1 Å². The largest absolute Gasteiger partial charge is 0.468 e. The molecule has 5 heteroatoms. The highest BCUT2D eigenvalue weighted by Gasteiger charge is 2.14. The van der Waals surface area contributed by atoms with Crippen LogP contribution >= 0.6 is 23.4 Å². The van der Waals surface area contributed by atoms with Gasteiger partial charge < -0.3 is 4.74 Å². The number of hydrogen-bond acceptors (Lipinski definition) is 4. The third-order valence-corrected chi connectivity index (χ3v) is 3.48. The van der Waals surface area contributed by atoms with Crippen LogP contribution in [0.3, 0.4) is 0 Å². The number of methoxy groups -OCH3 is 1. The van der Waals surface area contributed by atoms with Crippen molar-refractivity contribution >= 4 is 35.1 Å². The summed E-state index contributed by atoms with van der Waals surface area (Å²) in [6.45, 7) is 1.77. The molecular weight excluding hydrogens is 260 g/mol. The molecule has 0 fully saturated rings. The van der Waals surface area contributed by atoms with Crippen molar-refractivity contribution in [2.24, 2.45) is 0 Å². The van der Waals surface area contributed by atoms with Gasteiger partial charge in [-0.25, -0.2) is 0 Å². The molecule has 0 aliphatic rings. The zero-order chi connectivity index (χ0) is 12.8. The predicted molar refractivity (Wildman–Crippen MR) is 68.8 cm³/mol. The molecule has 0 aromatic heterocycles. The average molecular weight is 273 g/mol. The Morgan fingerprint density at radius 2 is 1.94 bits per heavy atom. The lowest BCUT2D eigenvalue weighted by Gasteiger charge is -2.08. The van der Waals surface area contributed by atoms with Gasteiger partial charge in [0.15, 0.2) is 5.78 Å². The number of hydrogen-bond donors (Lipinski definition) is 0. The molecule has 1 atom stereocenters. The highest BCUT2D eigenvalue weighted by atomic mass is 35.5. The third-order valence-electron chi connectivity index (χ3n) is 2.14. The molecule has 0 saturated heterocycles. The van der Waals surface area contributed by atoms with Crippen molar-refractivity contribution in [3.05, 3.63) is 29.8 Å². The summed E-state index contributed by atoms with van der Waals surface area (Å²) in [5.74, 6) is -0.398. The number of carbonyl (C=O) groups is 2. The van der Waals surface area contributed by atoms with Gasteiger partial charge in [0.2, 0.25) is 0 Å². The Bertz CT molecular complexity index is 403. The summed E-state index contributed by atoms with van der Waals surface area (Å²) in [7, 11) is 1.36. The van der Waals surface area contributed by atoms with Gasteiger partial charge >= 0.3 is 5.97 Å². The number of halogens is 1. The molecule has 0 radical (unpaired) electrons. The lowest BCUT2D eigenvalue weighted by atomic mass is 10.1. The lowest BCUT2D eigenvalue weighted by Crippen LogP contribution is -2.14. The van der Waals surface area contributed by atoms with Crippen LogP contribution in [0.2, 0.25) is 0 Å². The van der Waals surface area contributed by atoms with E-state index in [1.807, 2.05) is 0 Å². The molecule has 1 aromatic carbocycles. The van der Waals surface area contributed by atoms with Gasteiger partial charge in [0.05, 0.1) is 13.0 Å². The summed E-state index contributed by atoms with van der Waals surface area (Å²) in [5.41, 5.74) is 0.579. The van der Waals surface area contributed by atoms with E-state index in [1.165, 1.54) is 18.9 Å². The molecule has 0 spiro atoms. The molecule has 1 unspecified atom stereocenters. The van der Waals surface area contributed by atoms with Gasteiger partial charge in [-0.2, -0.15) is 0 Å². The van der Waals surface area contributed by atoms with Gasteiger partial charge in [-0.3, -0.25) is 9.59 Å². The Labute approximate surface area is 109 Å². The molecule has 1 rings (SSSR count). The molecule has 0 saturated carbocycles. The zero-order valence-electron chi connectivity index (χ0n) is 9.60. The molecule has 17 heavy (non-hydrogen) atoms. The first kappa shape index (κ1) is 14.1. The minimum Gasteiger partial charge on any atom is -0.468 e. The number of carbonyl (C=O) groups excluding carboxylic acids is 2. The van der Waals surface area contributed by atoms with Crippen LogP contribution in [-0.2, 0) is 9.53 Å². The second-order valence-electron chi connectivity index (χ2n) is 3.36. The fourth-order valence-corrected chi connectivity index (χ4v) is 2.26. The maximum Gasteiger partial charge on any atom is 0.318 e. The number of Topliss-reactive ketones (excluding diaryl/α,β-unsaturated/α-hetero) is 1. The van der Waals surface area contributed by atoms with Crippen LogP contribution < -0.4 is 0 Å². The van der Waals surface area contributed by atoms with E-state index >= 15 is 0 Å². The third kappa shape index (κ3) is 4.06. The minimum absolute atomic E-state index is 0.0228. The fourth-order valence-electron chi connectivity index (χ4n) is 1.21. The summed E-state index contributed by atoms with van der Waals surface area (Å²) in [6.07, 6.45) is 0. The van der Waals surface area contributed by atoms with Crippen molar-refractivity contribution in [2.45, 2.75) is 17.1 Å². The smallest absolute Gasteiger partial charge is 0.318 e. The Morgan fingerprint density at radius 3 is 2.41 bits per heavy atom. The lowest BCUT2D eigenvalue weighted by molar-refractivity contribution is -0.139. The monoisotopic (exact) mass is 272 g/mol. The van der Waals surface area contributed by atoms with Gasteiger partial charge in [-0.05, 0) is 19.1 Å². The molecule has 3 nitrogen and oxygen atoms in total. The van der Waals surface area contributed by atoms with Crippen molar-refractivity contribution in [1.29, 1.82) is 0 Å². The van der Waals surface area contributed by atoms with Crippen molar-refractivity contribution in [3.63, 3.8) is 0 Å². The maximum atomic E-state index is 11.3. The summed E-state index contributed by atoms with van der Waals surface area (Å²) in [4.78, 5) is 23.4. The second-order valence-corrected chi connectivity index (χ2v) is 5.05. The van der Waals surface area contributed by atoms with Crippen LogP contribution in [0.1, 0.15) is 17.3 Å². The normalized spacial score (nSPS) is 11.9. The first-order valence-corrected chi connectivity index (χ1v) is 6.43. The Kier molecular flexibility index (Phi) is 5.51. The van der Waals surface area contributed by atoms with Gasteiger partial charge in [0.25, 0.3) is 0 Å². The van der Waals surface area contributed by atoms with Crippen molar-refractivity contribution < 1.29 is 14.3 Å². The quantitative estimate of drug-likeness (QED) is 0.358. The molecule has 0 heterocycles. The van der Waals surface area contributed by atoms with Crippen molar-refractivity contribution in [1.82, 2.24) is 0 Å². The van der Waals surface area contributed by atoms with E-state index in [-0.39, 0.29) is 22.9 Å². The van der Waals surface area contributed by atoms with Crippen LogP contribution in [0.5, 0.6) is 0 Å². The Morgan fingerprint density at radius 1 is 1.35 bits per heavy atom. The number of ether oxygens (including phenoxy) is 1. The van der Waals surface area contributed by atoms with Crippen molar-refractivity contribution in [3.8, 4) is 0 Å². The molecule has 0 amide bonds. The topological polar surface area (TPSA) is 43.4 Å². The van der Waals surface area contributed by atoms with E-state index < -0.39 is 0 Å². The van der Waals surface area contributed by atoms with E-state index in [0.717, 1.165) is 4.90 Å². The first-order chi connectivity index (χ1) is 8.08. The molecule has 0 bridgehead atoms. The van der Waals surface area contributed by atoms with E-state index in [2.05, 4.69) is 4.74 Å². The minimum atomic E-state index is -0.269. The van der Waals surface area contributed by atoms with Crippen LogP contribution in [0.4, 0.5) is 0 Å². The highest BCUT2D eigenvalue weighted by Crippen LogP contribution is 2.24. The SMILES string of the molecule is COC(=O)C(C)Sc1ccc(C(=O)CCl)cc1. The summed E-state index contributed by atoms with van der Waals surface area (Å²) >= 11 is 6.84. The highest BCUT2D eigenvalue weighted by molar-refractivity contribution is 8.00. The summed E-state index contributed by atoms with van der Waals surface area (Å²) < 4.78 is 4.63. The fraction of sp³-hybridized carbons (Fsp3) is 0.333. The van der Waals surface area contributed by atoms with Gasteiger partial charge in [0, 0.05) is 10.5 Å². The Balaban J connectivity index is 2.68. The van der Waals surface area contributed by atoms with E-state index in [4.69, 9.17) is 11.6 Å². The molecule has 1 aromatic rings. The standard InChI is InChI=1S/C12H13ClO3S/c1-8(12(15)16-2)17-10-5-3-9(4-6-10)11(14)7-13/h3-6,8H,7H2,1-2H3. The Hall–Kier alpha value is -1.00. The van der Waals surface area contributed by atoms with E-state index in [9.17, 15) is 9.59 Å². The van der Waals surface area contributed by atoms with Gasteiger partial charge in [0.1, 0.15) is 5.25 Å². The molecule has 0 N–H and O–H groups in total. The van der Waals surface area contributed by atoms with Crippen LogP contribution in [-0.4, -0.2) is 30.0 Å². The number of alkyl halides is 1. The molecular formula is C12H13ClO3S. The molecule has 0 aliphatic heterocycles. The van der Waals surface area contributed by atoms with Crippen molar-refractivity contribution in [2.75, 3.05) is 13.0 Å². The number of esters is 1. The second kappa shape index (κ2) is 6.67. The maximum absolute atomic E-state index is 11.3. The van der Waals surface area contributed by atoms with Crippen LogP contribution in [0.15, 0.2) is 29.2 Å². The van der Waals surface area contributed by atoms with Crippen LogP contribution in [0, 0.1) is 0 Å². The van der Waals surface area contributed by atoms with E-state index in [1.54, 1.807) is 31.2 Å². The van der Waals surface area contributed by atoms with E-state index in [0.29, 0.717) is 5.56 Å². The zero-order valence-corrected chi connectivity index (χ0v) is 11.2. The number of ketones is 1. The first-order valence-electron chi connectivity index (χ1n) is 5.02. The summed E-state index contributed by atoms with van der Waals surface area (Å²) in [6, 6.07) is 7.00. The number of benzene rings is 1. The van der Waals surface area contributed by atoms with Gasteiger partial charge in [-0.15, -0.1) is 23.4 Å². The number of rotatable bonds is 5.